The second kappa shape index (κ2) is 8.81. The van der Waals surface area contributed by atoms with Crippen LogP contribution in [0.25, 0.3) is 22.4 Å². The summed E-state index contributed by atoms with van der Waals surface area (Å²) in [7, 11) is 0. The van der Waals surface area contributed by atoms with E-state index < -0.39 is 0 Å². The summed E-state index contributed by atoms with van der Waals surface area (Å²) in [5, 5.41) is 0. The van der Waals surface area contributed by atoms with Crippen LogP contribution in [0.4, 0.5) is 4.39 Å². The minimum atomic E-state index is -0.243. The molecule has 5 heteroatoms. The molecule has 162 valence electrons. The maximum absolute atomic E-state index is 14.1. The number of imidazole rings is 1. The highest BCUT2D eigenvalue weighted by molar-refractivity contribution is 5.81. The third-order valence-electron chi connectivity index (χ3n) is 7.11. The smallest absolute Gasteiger partial charge is 0.222 e. The highest BCUT2D eigenvalue weighted by Gasteiger charge is 2.28. The fourth-order valence-corrected chi connectivity index (χ4v) is 5.38. The van der Waals surface area contributed by atoms with Gasteiger partial charge in [0.15, 0.2) is 0 Å². The van der Waals surface area contributed by atoms with Crippen molar-refractivity contribution in [3.8, 4) is 11.4 Å². The van der Waals surface area contributed by atoms with E-state index in [1.54, 1.807) is 12.1 Å². The summed E-state index contributed by atoms with van der Waals surface area (Å²) >= 11 is 0. The van der Waals surface area contributed by atoms with Gasteiger partial charge in [-0.15, -0.1) is 0 Å². The van der Waals surface area contributed by atoms with Gasteiger partial charge in [-0.05, 0) is 43.4 Å². The van der Waals surface area contributed by atoms with Crippen LogP contribution in [-0.4, -0.2) is 33.4 Å². The van der Waals surface area contributed by atoms with Crippen molar-refractivity contribution in [1.82, 2.24) is 14.5 Å². The third kappa shape index (κ3) is 4.23. The monoisotopic (exact) mass is 419 g/mol. The number of amides is 1. The minimum absolute atomic E-state index is 0.209. The number of likely N-dealkylation sites (tertiary alicyclic amines) is 1. The van der Waals surface area contributed by atoms with Crippen LogP contribution in [0, 0.1) is 11.7 Å². The molecule has 0 spiro atoms. The van der Waals surface area contributed by atoms with Crippen LogP contribution >= 0.6 is 0 Å². The number of aromatic nitrogens is 2. The molecule has 31 heavy (non-hydrogen) atoms. The van der Waals surface area contributed by atoms with Gasteiger partial charge < -0.3 is 9.47 Å². The number of fused-ring (bicyclic) bond motifs is 1. The quantitative estimate of drug-likeness (QED) is 0.510. The number of hydrogen-bond acceptors (Lipinski definition) is 2. The summed E-state index contributed by atoms with van der Waals surface area (Å²) in [6, 6.07) is 15.1. The first-order valence-corrected chi connectivity index (χ1v) is 11.7. The van der Waals surface area contributed by atoms with E-state index in [1.807, 2.05) is 23.1 Å². The van der Waals surface area contributed by atoms with Crippen LogP contribution in [0.1, 0.15) is 57.4 Å². The number of carbonyl (C=O) groups is 1. The van der Waals surface area contributed by atoms with Crippen LogP contribution in [-0.2, 0) is 4.79 Å². The van der Waals surface area contributed by atoms with Gasteiger partial charge >= 0.3 is 0 Å². The molecule has 2 fully saturated rings. The molecular formula is C26H30FN3O. The highest BCUT2D eigenvalue weighted by atomic mass is 19.1. The molecule has 5 rings (SSSR count). The third-order valence-corrected chi connectivity index (χ3v) is 7.11. The number of nitrogens with zero attached hydrogens (tertiary/aromatic N) is 3. The Balaban J connectivity index is 1.34. The lowest BCUT2D eigenvalue weighted by atomic mass is 9.99. The first-order chi connectivity index (χ1) is 15.2. The standard InChI is InChI=1S/C26H30FN3O/c27-21-11-12-23-24(18-21)30(26(28-23)20-8-2-1-3-9-20)22-14-16-29(17-15-22)25(31)13-10-19-6-4-5-7-19/h1-3,8-9,11-12,18-19,22H,4-7,10,13-17H2. The van der Waals surface area contributed by atoms with E-state index in [0.717, 1.165) is 60.7 Å². The van der Waals surface area contributed by atoms with Gasteiger partial charge in [-0.2, -0.15) is 0 Å². The molecule has 2 aromatic carbocycles. The average molecular weight is 420 g/mol. The van der Waals surface area contributed by atoms with Crippen LogP contribution < -0.4 is 0 Å². The molecule has 0 atom stereocenters. The largest absolute Gasteiger partial charge is 0.343 e. The lowest BCUT2D eigenvalue weighted by molar-refractivity contribution is -0.132. The molecule has 2 heterocycles. The number of carbonyl (C=O) groups excluding carboxylic acids is 1. The lowest BCUT2D eigenvalue weighted by Gasteiger charge is -2.34. The second-order valence-electron chi connectivity index (χ2n) is 9.11. The summed E-state index contributed by atoms with van der Waals surface area (Å²) in [4.78, 5) is 19.6. The van der Waals surface area contributed by atoms with E-state index >= 15 is 0 Å². The molecule has 1 amide bonds. The van der Waals surface area contributed by atoms with E-state index in [4.69, 9.17) is 4.98 Å². The van der Waals surface area contributed by atoms with Gasteiger partial charge in [0.05, 0.1) is 11.0 Å². The molecule has 4 nitrogen and oxygen atoms in total. The SMILES string of the molecule is O=C(CCC1CCCC1)N1CCC(n2c(-c3ccccc3)nc3ccc(F)cc32)CC1. The maximum Gasteiger partial charge on any atom is 0.222 e. The molecule has 3 aromatic rings. The Morgan fingerprint density at radius 3 is 2.48 bits per heavy atom. The van der Waals surface area contributed by atoms with Crippen LogP contribution in [0.2, 0.25) is 0 Å². The molecule has 0 unspecified atom stereocenters. The summed E-state index contributed by atoms with van der Waals surface area (Å²) in [6.07, 6.45) is 8.71. The van der Waals surface area contributed by atoms with E-state index in [9.17, 15) is 9.18 Å². The molecule has 1 aromatic heterocycles. The van der Waals surface area contributed by atoms with Gasteiger partial charge in [-0.3, -0.25) is 4.79 Å². The maximum atomic E-state index is 14.1. The second-order valence-corrected chi connectivity index (χ2v) is 9.11. The van der Waals surface area contributed by atoms with Gasteiger partial charge in [-0.1, -0.05) is 56.0 Å². The van der Waals surface area contributed by atoms with Crippen LogP contribution in [0.3, 0.4) is 0 Å². The fourth-order valence-electron chi connectivity index (χ4n) is 5.38. The summed E-state index contributed by atoms with van der Waals surface area (Å²) in [5.41, 5.74) is 2.69. The van der Waals surface area contributed by atoms with Crippen molar-refractivity contribution < 1.29 is 9.18 Å². The summed E-state index contributed by atoms with van der Waals surface area (Å²) in [6.45, 7) is 1.52. The van der Waals surface area contributed by atoms with Gasteiger partial charge in [0.1, 0.15) is 11.6 Å². The average Bonchev–Trinajstić information content (AvgIpc) is 3.46. The van der Waals surface area contributed by atoms with Crippen LogP contribution in [0.15, 0.2) is 48.5 Å². The fraction of sp³-hybridized carbons (Fsp3) is 0.462. The van der Waals surface area contributed by atoms with Gasteiger partial charge in [0.25, 0.3) is 0 Å². The zero-order valence-electron chi connectivity index (χ0n) is 18.0. The van der Waals surface area contributed by atoms with Crippen molar-refractivity contribution in [2.24, 2.45) is 5.92 Å². The Hall–Kier alpha value is -2.69. The molecule has 2 aliphatic rings. The van der Waals surface area contributed by atoms with Crippen molar-refractivity contribution in [2.75, 3.05) is 13.1 Å². The topological polar surface area (TPSA) is 38.1 Å². The Bertz CT molecular complexity index is 1050. The molecule has 1 saturated carbocycles. The Morgan fingerprint density at radius 1 is 1.00 bits per heavy atom. The predicted octanol–water partition coefficient (Wildman–Crippen LogP) is 5.98. The Kier molecular flexibility index (Phi) is 5.75. The first-order valence-electron chi connectivity index (χ1n) is 11.7. The Labute approximate surface area is 183 Å². The summed E-state index contributed by atoms with van der Waals surface area (Å²) in [5.74, 6) is 1.69. The zero-order valence-corrected chi connectivity index (χ0v) is 18.0. The lowest BCUT2D eigenvalue weighted by Crippen LogP contribution is -2.39. The van der Waals surface area contributed by atoms with Gasteiger partial charge in [0, 0.05) is 31.1 Å². The van der Waals surface area contributed by atoms with Crippen molar-refractivity contribution in [1.29, 1.82) is 0 Å². The number of benzene rings is 2. The molecule has 0 N–H and O–H groups in total. The normalized spacial score (nSPS) is 18.2. The van der Waals surface area contributed by atoms with Crippen molar-refractivity contribution in [2.45, 2.75) is 57.4 Å². The van der Waals surface area contributed by atoms with Crippen LogP contribution in [0.5, 0.6) is 0 Å². The first kappa shape index (κ1) is 20.2. The van der Waals surface area contributed by atoms with Gasteiger partial charge in [-0.25, -0.2) is 9.37 Å². The molecule has 1 aliphatic heterocycles. The van der Waals surface area contributed by atoms with Crippen molar-refractivity contribution >= 4 is 16.9 Å². The van der Waals surface area contributed by atoms with E-state index in [-0.39, 0.29) is 11.9 Å². The minimum Gasteiger partial charge on any atom is -0.343 e. The van der Waals surface area contributed by atoms with Gasteiger partial charge in [0.2, 0.25) is 5.91 Å². The molecule has 0 radical (unpaired) electrons. The summed E-state index contributed by atoms with van der Waals surface area (Å²) < 4.78 is 16.3. The zero-order chi connectivity index (χ0) is 21.2. The van der Waals surface area contributed by atoms with E-state index in [2.05, 4.69) is 16.7 Å². The highest BCUT2D eigenvalue weighted by Crippen LogP contribution is 2.34. The number of rotatable bonds is 5. The number of halogens is 1. The molecule has 0 bridgehead atoms. The van der Waals surface area contributed by atoms with Crippen molar-refractivity contribution in [3.05, 3.63) is 54.3 Å². The number of hydrogen-bond donors (Lipinski definition) is 0. The number of piperidine rings is 1. The van der Waals surface area contributed by atoms with E-state index in [0.29, 0.717) is 12.3 Å². The molecule has 1 saturated heterocycles. The molecular weight excluding hydrogens is 389 g/mol. The van der Waals surface area contributed by atoms with E-state index in [1.165, 1.54) is 31.7 Å². The predicted molar refractivity (Wildman–Crippen MR) is 121 cm³/mol. The Morgan fingerprint density at radius 2 is 1.74 bits per heavy atom. The van der Waals surface area contributed by atoms with Crippen molar-refractivity contribution in [3.63, 3.8) is 0 Å². The molecule has 1 aliphatic carbocycles.